The van der Waals surface area contributed by atoms with Crippen LogP contribution in [-0.4, -0.2) is 51.4 Å². The van der Waals surface area contributed by atoms with E-state index in [4.69, 9.17) is 4.55 Å². The second kappa shape index (κ2) is 62.7. The predicted octanol–water partition coefficient (Wildman–Crippen LogP) is 7.30. The van der Waals surface area contributed by atoms with Crippen molar-refractivity contribution in [3.63, 3.8) is 0 Å². The van der Waals surface area contributed by atoms with Crippen LogP contribution in [0.1, 0.15) is 34.6 Å². The van der Waals surface area contributed by atoms with E-state index in [2.05, 4.69) is 56.7 Å². The summed E-state index contributed by atoms with van der Waals surface area (Å²) in [5, 5.41) is 13.5. The normalized spacial score (nSPS) is 10.9. The van der Waals surface area contributed by atoms with Crippen molar-refractivity contribution in [2.24, 2.45) is 15.3 Å². The summed E-state index contributed by atoms with van der Waals surface area (Å²) in [5.74, 6) is -1.000. The molecule has 51 heavy (non-hydrogen) atoms. The minimum atomic E-state index is -4.71. The fourth-order valence-electron chi connectivity index (χ4n) is 2.65. The van der Waals surface area contributed by atoms with E-state index in [-0.39, 0.29) is 393 Å². The standard InChI is InChI=1S/C18H18N4O7S2.2C2H6.3CH3.I2.11Y/c1-13-17(18(23)22(21-13)15-5-3-2-4-6-15)20-19-14-7-9-16(10-8-14)30(24,25)12-11-29-31(26,27)28;2*1-2;;;;1-2;;;;;;;;;;;/h2-10,17H,11-12H2,1H3,(H,26,27,28);2*1-2H3;3*1H3;;;;;;;;;;;;/q;;;3*-1;;;;;;;;;;;;. The second-order valence-corrected chi connectivity index (χ2v) is 9.61. The number of hydrazone groups is 1. The third kappa shape index (κ3) is 45.5. The van der Waals surface area contributed by atoms with E-state index in [1.807, 2.05) is 33.8 Å². The number of anilines is 1. The molecular formula is C25H39I2N4O7S2Y11-3. The first-order valence-electron chi connectivity index (χ1n) is 11.0. The first-order valence-corrected chi connectivity index (χ1v) is 20.3. The summed E-state index contributed by atoms with van der Waals surface area (Å²) in [7, 11) is -8.55. The van der Waals surface area contributed by atoms with Crippen LogP contribution in [-0.2, 0) is 389 Å². The van der Waals surface area contributed by atoms with Crippen molar-refractivity contribution in [2.75, 3.05) is 17.4 Å². The summed E-state index contributed by atoms with van der Waals surface area (Å²) in [4.78, 5) is 12.5. The van der Waals surface area contributed by atoms with Gasteiger partial charge in [-0.1, -0.05) is 45.9 Å². The Kier molecular flexibility index (Phi) is 128. The maximum Gasteiger partial charge on any atom is 0.397 e. The monoisotopic (exact) mass is 1800 g/mol. The number of benzene rings is 2. The van der Waals surface area contributed by atoms with Gasteiger partial charge in [0.05, 0.1) is 34.3 Å². The van der Waals surface area contributed by atoms with Crippen molar-refractivity contribution < 1.29 is 390 Å². The number of nitrogens with zero attached hydrogens (tertiary/aromatic N) is 4. The first kappa shape index (κ1) is 104. The Morgan fingerprint density at radius 2 is 1.14 bits per heavy atom. The number of hydrogen-bond acceptors (Lipinski definition) is 9. The van der Waals surface area contributed by atoms with Gasteiger partial charge in [0.2, 0.25) is 0 Å². The molecule has 0 saturated carbocycles. The Morgan fingerprint density at radius 1 is 0.745 bits per heavy atom. The average Bonchev–Trinajstić information content (AvgIpc) is 3.19. The molecule has 11 nitrogen and oxygen atoms in total. The zero-order chi connectivity index (χ0) is 28.6. The molecule has 1 aliphatic heterocycles. The average molecular weight is 1800 g/mol. The van der Waals surface area contributed by atoms with Crippen molar-refractivity contribution in [2.45, 2.75) is 45.6 Å². The molecule has 1 aliphatic rings. The van der Waals surface area contributed by atoms with Gasteiger partial charge in [-0.2, -0.15) is 28.8 Å². The van der Waals surface area contributed by atoms with Gasteiger partial charge in [0.15, 0.2) is 15.9 Å². The fourth-order valence-corrected chi connectivity index (χ4v) is 4.14. The van der Waals surface area contributed by atoms with Gasteiger partial charge in [0.25, 0.3) is 5.91 Å². The van der Waals surface area contributed by atoms with Crippen LogP contribution in [0.5, 0.6) is 0 Å². The predicted molar refractivity (Wildman–Crippen MR) is 181 cm³/mol. The molecule has 1 amide bonds. The molecule has 0 spiro atoms. The number of rotatable bonds is 8. The van der Waals surface area contributed by atoms with Crippen molar-refractivity contribution >= 4 is 80.5 Å². The number of carbonyl (C=O) groups is 1. The van der Waals surface area contributed by atoms with Crippen molar-refractivity contribution in [3.8, 4) is 0 Å². The SMILES string of the molecule is CC.CC.CC1=NN(c2ccccc2)C(=O)C1N=Nc1ccc(S(=O)(=O)CCOS(=O)(=O)O)cc1.II.[CH3-].[CH3-].[CH3-].[Y].[Y].[Y].[Y].[Y].[Y].[Y].[Y].[Y].[Y].[Y]. The Morgan fingerprint density at radius 3 is 1.51 bits per heavy atom. The minimum absolute atomic E-state index is 0. The second-order valence-electron chi connectivity index (χ2n) is 6.41. The van der Waals surface area contributed by atoms with E-state index < -0.39 is 38.6 Å². The smallest absolute Gasteiger partial charge is 0.358 e. The quantitative estimate of drug-likeness (QED) is 0.126. The van der Waals surface area contributed by atoms with Gasteiger partial charge < -0.3 is 22.3 Å². The molecule has 0 bridgehead atoms. The summed E-state index contributed by atoms with van der Waals surface area (Å²) in [6.45, 7) is 8.94. The largest absolute Gasteiger partial charge is 0.397 e. The zero-order valence-corrected chi connectivity index (χ0v) is 67.5. The molecule has 1 N–H and O–H groups in total. The molecule has 0 saturated heterocycles. The zero-order valence-electron chi connectivity index (χ0n) is 30.3. The summed E-state index contributed by atoms with van der Waals surface area (Å²) in [6.07, 6.45) is 0. The summed E-state index contributed by atoms with van der Waals surface area (Å²) in [5.41, 5.74) is 1.39. The van der Waals surface area contributed by atoms with Crippen molar-refractivity contribution in [1.29, 1.82) is 0 Å². The minimum Gasteiger partial charge on any atom is -0.358 e. The summed E-state index contributed by atoms with van der Waals surface area (Å²) >= 11 is 4.24. The van der Waals surface area contributed by atoms with E-state index in [9.17, 15) is 21.6 Å². The van der Waals surface area contributed by atoms with Gasteiger partial charge >= 0.3 is 10.4 Å². The van der Waals surface area contributed by atoms with Crippen LogP contribution in [0.3, 0.4) is 0 Å². The van der Waals surface area contributed by atoms with Gasteiger partial charge in [-0.25, -0.2) is 12.6 Å². The summed E-state index contributed by atoms with van der Waals surface area (Å²) < 4.78 is 57.9. The first-order chi connectivity index (χ1) is 17.6. The van der Waals surface area contributed by atoms with Crippen molar-refractivity contribution in [1.82, 2.24) is 0 Å². The Hall–Kier alpha value is 10.6. The summed E-state index contributed by atoms with van der Waals surface area (Å²) in [6, 6.07) is 13.3. The van der Waals surface area contributed by atoms with Crippen LogP contribution in [0, 0.1) is 22.3 Å². The van der Waals surface area contributed by atoms with Gasteiger partial charge in [-0.3, -0.25) is 9.35 Å². The molecule has 26 heteroatoms. The maximum absolute atomic E-state index is 12.6. The van der Waals surface area contributed by atoms with Crippen LogP contribution in [0.25, 0.3) is 0 Å². The molecule has 2 aromatic rings. The van der Waals surface area contributed by atoms with Gasteiger partial charge in [0.1, 0.15) is 0 Å². The molecule has 11 radical (unpaired) electrons. The number of halogens is 2. The van der Waals surface area contributed by atoms with Crippen LogP contribution in [0.15, 0.2) is 74.8 Å². The molecule has 263 valence electrons. The number of amides is 1. The maximum atomic E-state index is 12.6. The molecule has 1 atom stereocenters. The third-order valence-corrected chi connectivity index (χ3v) is 6.32. The van der Waals surface area contributed by atoms with E-state index in [0.717, 1.165) is 0 Å². The van der Waals surface area contributed by atoms with Gasteiger partial charge in [-0.05, 0) is 43.3 Å². The van der Waals surface area contributed by atoms with E-state index in [1.165, 1.54) is 29.3 Å². The van der Waals surface area contributed by atoms with Gasteiger partial charge in [-0.15, -0.1) is 0 Å². The molecule has 2 aromatic carbocycles. The molecule has 3 rings (SSSR count). The number of carbonyl (C=O) groups excluding carboxylic acids is 1. The van der Waals surface area contributed by atoms with Crippen LogP contribution in [0.4, 0.5) is 11.4 Å². The van der Waals surface area contributed by atoms with Crippen LogP contribution in [0.2, 0.25) is 0 Å². The van der Waals surface area contributed by atoms with Gasteiger partial charge in [0, 0.05) is 397 Å². The Bertz CT molecular complexity index is 1280. The molecule has 1 unspecified atom stereocenters. The molecule has 0 fully saturated rings. The topological polar surface area (TPSA) is 155 Å². The number of hydrogen-bond donors (Lipinski definition) is 1. The Balaban J connectivity index is -0.0000000474. The fraction of sp³-hybridized carbons (Fsp3) is 0.320. The third-order valence-electron chi connectivity index (χ3n) is 4.17. The number of azo groups is 1. The Labute approximate surface area is 609 Å². The van der Waals surface area contributed by atoms with Crippen LogP contribution >= 0.6 is 37.2 Å². The number of para-hydroxylation sites is 1. The molecule has 0 aliphatic carbocycles. The molecule has 0 aromatic heterocycles. The number of sulfone groups is 1. The van der Waals surface area contributed by atoms with E-state index in [0.29, 0.717) is 17.1 Å². The van der Waals surface area contributed by atoms with E-state index >= 15 is 0 Å². The molecular weight excluding hydrogens is 1760 g/mol. The van der Waals surface area contributed by atoms with E-state index in [1.54, 1.807) is 31.2 Å². The molecule has 1 heterocycles. The van der Waals surface area contributed by atoms with Crippen molar-refractivity contribution in [3.05, 3.63) is 76.9 Å². The van der Waals surface area contributed by atoms with Crippen LogP contribution < -0.4 is 5.01 Å².